The largest absolute Gasteiger partial charge is 0.449 e. The number of benzene rings is 3. The third kappa shape index (κ3) is 4.20. The molecule has 1 aliphatic carbocycles. The number of hydrogen-bond acceptors (Lipinski definition) is 5. The second kappa shape index (κ2) is 9.14. The lowest BCUT2D eigenvalue weighted by atomic mass is 9.98. The Morgan fingerprint density at radius 1 is 1.09 bits per heavy atom. The molecule has 0 fully saturated rings. The van der Waals surface area contributed by atoms with Crippen molar-refractivity contribution in [2.75, 3.05) is 13.2 Å². The van der Waals surface area contributed by atoms with Gasteiger partial charge in [-0.05, 0) is 34.4 Å². The molecule has 3 aromatic rings. The molecule has 7 heteroatoms. The lowest BCUT2D eigenvalue weighted by molar-refractivity contribution is -0.385. The number of carbonyl (C=O) groups excluding carboxylic acids is 1. The van der Waals surface area contributed by atoms with Crippen LogP contribution >= 0.6 is 0 Å². The summed E-state index contributed by atoms with van der Waals surface area (Å²) in [7, 11) is 0. The van der Waals surface area contributed by atoms with Crippen molar-refractivity contribution in [2.24, 2.45) is 0 Å². The molecule has 4 rings (SSSR count). The van der Waals surface area contributed by atoms with Gasteiger partial charge in [0.15, 0.2) is 0 Å². The highest BCUT2D eigenvalue weighted by Crippen LogP contribution is 2.44. The van der Waals surface area contributed by atoms with Gasteiger partial charge < -0.3 is 10.1 Å². The lowest BCUT2D eigenvalue weighted by Gasteiger charge is -2.14. The molecule has 0 bridgehead atoms. The van der Waals surface area contributed by atoms with E-state index in [1.807, 2.05) is 30.3 Å². The third-order valence-corrected chi connectivity index (χ3v) is 5.36. The van der Waals surface area contributed by atoms with Crippen LogP contribution in [0.25, 0.3) is 17.2 Å². The Bertz CT molecular complexity index is 1210. The first-order valence-electron chi connectivity index (χ1n) is 10.0. The molecule has 0 aliphatic heterocycles. The minimum absolute atomic E-state index is 0.0232. The normalized spacial score (nSPS) is 12.1. The summed E-state index contributed by atoms with van der Waals surface area (Å²) in [6, 6.07) is 22.3. The highest BCUT2D eigenvalue weighted by molar-refractivity contribution is 5.79. The fraction of sp³-hybridized carbons (Fsp3) is 0.120. The van der Waals surface area contributed by atoms with Crippen molar-refractivity contribution in [3.05, 3.63) is 105 Å². The molecule has 0 aromatic heterocycles. The van der Waals surface area contributed by atoms with Crippen molar-refractivity contribution in [3.63, 3.8) is 0 Å². The van der Waals surface area contributed by atoms with E-state index in [-0.39, 0.29) is 30.3 Å². The number of rotatable bonds is 6. The number of nitrogens with one attached hydrogen (secondary N) is 1. The average molecular weight is 425 g/mol. The Morgan fingerprint density at radius 2 is 1.75 bits per heavy atom. The fourth-order valence-corrected chi connectivity index (χ4v) is 3.89. The lowest BCUT2D eigenvalue weighted by Crippen LogP contribution is -2.26. The zero-order chi connectivity index (χ0) is 22.5. The first kappa shape index (κ1) is 20.8. The van der Waals surface area contributed by atoms with E-state index in [1.165, 1.54) is 24.3 Å². The molecule has 0 heterocycles. The first-order chi connectivity index (χ1) is 15.6. The Hall–Kier alpha value is -4.44. The van der Waals surface area contributed by atoms with E-state index < -0.39 is 11.0 Å². The molecule has 0 saturated heterocycles. The summed E-state index contributed by atoms with van der Waals surface area (Å²) in [6.07, 6.45) is 2.56. The summed E-state index contributed by atoms with van der Waals surface area (Å²) in [6.45, 7) is 0.360. The van der Waals surface area contributed by atoms with E-state index >= 15 is 0 Å². The number of amides is 1. The number of nitrogens with zero attached hydrogens (tertiary/aromatic N) is 2. The zero-order valence-corrected chi connectivity index (χ0v) is 17.0. The fourth-order valence-electron chi connectivity index (χ4n) is 3.89. The molecular weight excluding hydrogens is 406 g/mol. The van der Waals surface area contributed by atoms with Gasteiger partial charge in [-0.1, -0.05) is 60.7 Å². The van der Waals surface area contributed by atoms with E-state index in [0.717, 1.165) is 22.3 Å². The monoisotopic (exact) mass is 425 g/mol. The van der Waals surface area contributed by atoms with Crippen molar-refractivity contribution in [1.82, 2.24) is 5.32 Å². The number of nitriles is 1. The van der Waals surface area contributed by atoms with Gasteiger partial charge in [-0.3, -0.25) is 10.1 Å². The molecule has 0 unspecified atom stereocenters. The molecular formula is C25H19N3O4. The van der Waals surface area contributed by atoms with Gasteiger partial charge in [0.25, 0.3) is 5.69 Å². The number of fused-ring (bicyclic) bond motifs is 3. The van der Waals surface area contributed by atoms with E-state index in [4.69, 9.17) is 10.00 Å². The van der Waals surface area contributed by atoms with Gasteiger partial charge in [0, 0.05) is 18.5 Å². The molecule has 0 atom stereocenters. The number of alkyl carbamates (subject to hydrolysis) is 1. The van der Waals surface area contributed by atoms with Crippen LogP contribution in [0.1, 0.15) is 28.2 Å². The molecule has 1 N–H and O–H groups in total. The van der Waals surface area contributed by atoms with E-state index in [0.29, 0.717) is 5.56 Å². The second-order valence-corrected chi connectivity index (χ2v) is 7.25. The number of ether oxygens (including phenoxy) is 1. The SMILES string of the molecule is N#Cc1ccc(C=CCNC(=O)OCC2c3ccccc3-c3ccccc32)c([N+](=O)[O-])c1. The summed E-state index contributed by atoms with van der Waals surface area (Å²) in [5.41, 5.74) is 4.98. The van der Waals surface area contributed by atoms with Crippen molar-refractivity contribution < 1.29 is 14.5 Å². The van der Waals surface area contributed by atoms with Crippen LogP contribution in [0.2, 0.25) is 0 Å². The molecule has 1 amide bonds. The average Bonchev–Trinajstić information content (AvgIpc) is 3.14. The molecule has 0 radical (unpaired) electrons. The van der Waals surface area contributed by atoms with Crippen LogP contribution in [0.15, 0.2) is 72.8 Å². The first-order valence-corrected chi connectivity index (χ1v) is 10.0. The molecule has 0 saturated carbocycles. The maximum atomic E-state index is 12.2. The summed E-state index contributed by atoms with van der Waals surface area (Å²) < 4.78 is 5.46. The van der Waals surface area contributed by atoms with Gasteiger partial charge in [0.2, 0.25) is 0 Å². The van der Waals surface area contributed by atoms with Crippen molar-refractivity contribution in [2.45, 2.75) is 5.92 Å². The van der Waals surface area contributed by atoms with Crippen molar-refractivity contribution in [1.29, 1.82) is 5.26 Å². The van der Waals surface area contributed by atoms with Crippen LogP contribution in [0.3, 0.4) is 0 Å². The van der Waals surface area contributed by atoms with E-state index in [1.54, 1.807) is 6.08 Å². The molecule has 7 nitrogen and oxygen atoms in total. The summed E-state index contributed by atoms with van der Waals surface area (Å²) in [5, 5.41) is 22.7. The van der Waals surface area contributed by atoms with Crippen molar-refractivity contribution >= 4 is 17.9 Å². The standard InChI is InChI=1S/C25H19N3O4/c26-15-17-11-12-18(24(14-17)28(30)31)6-5-13-27-25(29)32-16-23-21-9-3-1-7-19(21)20-8-2-4-10-22(20)23/h1-12,14,23H,13,16H2,(H,27,29). The predicted molar refractivity (Wildman–Crippen MR) is 120 cm³/mol. The minimum atomic E-state index is -0.564. The quantitative estimate of drug-likeness (QED) is 0.441. The Kier molecular flexibility index (Phi) is 5.95. The van der Waals surface area contributed by atoms with Crippen molar-refractivity contribution in [3.8, 4) is 17.2 Å². The second-order valence-electron chi connectivity index (χ2n) is 7.25. The smallest absolute Gasteiger partial charge is 0.407 e. The zero-order valence-electron chi connectivity index (χ0n) is 17.0. The number of nitro benzene ring substituents is 1. The van der Waals surface area contributed by atoms with Crippen LogP contribution < -0.4 is 5.32 Å². The number of hydrogen-bond donors (Lipinski definition) is 1. The predicted octanol–water partition coefficient (Wildman–Crippen LogP) is 5.02. The van der Waals surface area contributed by atoms with Crippen LogP contribution in [-0.2, 0) is 4.74 Å². The van der Waals surface area contributed by atoms with Crippen LogP contribution in [0, 0.1) is 21.4 Å². The third-order valence-electron chi connectivity index (χ3n) is 5.36. The van der Waals surface area contributed by atoms with Crippen LogP contribution in [0.4, 0.5) is 10.5 Å². The molecule has 32 heavy (non-hydrogen) atoms. The van der Waals surface area contributed by atoms with Gasteiger partial charge in [0.05, 0.1) is 22.1 Å². The van der Waals surface area contributed by atoms with Gasteiger partial charge in [-0.15, -0.1) is 0 Å². The van der Waals surface area contributed by atoms with Crippen LogP contribution in [0.5, 0.6) is 0 Å². The maximum Gasteiger partial charge on any atom is 0.407 e. The molecule has 3 aromatic carbocycles. The highest BCUT2D eigenvalue weighted by Gasteiger charge is 2.28. The van der Waals surface area contributed by atoms with Gasteiger partial charge in [-0.2, -0.15) is 5.26 Å². The summed E-state index contributed by atoms with van der Waals surface area (Å²) in [5.74, 6) is -0.0232. The minimum Gasteiger partial charge on any atom is -0.449 e. The summed E-state index contributed by atoms with van der Waals surface area (Å²) >= 11 is 0. The maximum absolute atomic E-state index is 12.2. The molecule has 1 aliphatic rings. The highest BCUT2D eigenvalue weighted by atomic mass is 16.6. The van der Waals surface area contributed by atoms with Gasteiger partial charge >= 0.3 is 6.09 Å². The van der Waals surface area contributed by atoms with E-state index in [2.05, 4.69) is 29.6 Å². The molecule has 158 valence electrons. The number of nitro groups is 1. The molecule has 0 spiro atoms. The Labute approximate surface area is 184 Å². The Morgan fingerprint density at radius 3 is 2.38 bits per heavy atom. The Balaban J connectivity index is 1.35. The van der Waals surface area contributed by atoms with E-state index in [9.17, 15) is 14.9 Å². The van der Waals surface area contributed by atoms with Gasteiger partial charge in [0.1, 0.15) is 6.61 Å². The topological polar surface area (TPSA) is 105 Å². The number of carbonyl (C=O) groups is 1. The van der Waals surface area contributed by atoms with Gasteiger partial charge in [-0.25, -0.2) is 4.79 Å². The summed E-state index contributed by atoms with van der Waals surface area (Å²) in [4.78, 5) is 22.8. The van der Waals surface area contributed by atoms with Crippen LogP contribution in [-0.4, -0.2) is 24.2 Å².